The van der Waals surface area contributed by atoms with Crippen LogP contribution in [0.25, 0.3) is 0 Å². The highest BCUT2D eigenvalue weighted by Crippen LogP contribution is 2.43. The molecule has 1 N–H and O–H groups in total. The summed E-state index contributed by atoms with van der Waals surface area (Å²) in [7, 11) is 0. The van der Waals surface area contributed by atoms with Crippen molar-refractivity contribution < 1.29 is 14.4 Å². The maximum Gasteiger partial charge on any atom is 0.257 e. The zero-order valence-electron chi connectivity index (χ0n) is 18.1. The number of nitrogens with one attached hydrogen (secondary N) is 1. The predicted molar refractivity (Wildman–Crippen MR) is 120 cm³/mol. The minimum absolute atomic E-state index is 0.0190. The van der Waals surface area contributed by atoms with Crippen molar-refractivity contribution in [1.29, 1.82) is 0 Å². The van der Waals surface area contributed by atoms with E-state index in [1.807, 2.05) is 37.3 Å². The third-order valence-corrected chi connectivity index (χ3v) is 6.62. The zero-order valence-corrected chi connectivity index (χ0v) is 18.1. The lowest BCUT2D eigenvalue weighted by molar-refractivity contribution is -0.121. The van der Waals surface area contributed by atoms with E-state index in [2.05, 4.69) is 24.4 Å². The summed E-state index contributed by atoms with van der Waals surface area (Å²) in [6.45, 7) is 4.88. The Bertz CT molecular complexity index is 991. The second-order valence-electron chi connectivity index (χ2n) is 8.49. The van der Waals surface area contributed by atoms with Crippen LogP contribution >= 0.6 is 0 Å². The van der Waals surface area contributed by atoms with Gasteiger partial charge in [-0.25, -0.2) is 0 Å². The fourth-order valence-corrected chi connectivity index (χ4v) is 4.80. The number of amides is 3. The third kappa shape index (κ3) is 3.82. The SMILES string of the molecule is CC[C@@H](CNC(=O)CCN1C(=O)c2ccccc2N2C(=O)CC[C@]12C)c1ccccc1. The molecule has 0 spiro atoms. The van der Waals surface area contributed by atoms with E-state index in [9.17, 15) is 14.4 Å². The van der Waals surface area contributed by atoms with E-state index >= 15 is 0 Å². The lowest BCUT2D eigenvalue weighted by Crippen LogP contribution is -2.62. The molecule has 0 radical (unpaired) electrons. The minimum Gasteiger partial charge on any atom is -0.355 e. The molecule has 6 nitrogen and oxygen atoms in total. The molecule has 1 fully saturated rings. The second-order valence-corrected chi connectivity index (χ2v) is 8.49. The summed E-state index contributed by atoms with van der Waals surface area (Å²) in [5.74, 6) is 0.0766. The van der Waals surface area contributed by atoms with Crippen LogP contribution in [0.3, 0.4) is 0 Å². The molecule has 0 aliphatic carbocycles. The number of rotatable bonds is 7. The van der Waals surface area contributed by atoms with E-state index in [-0.39, 0.29) is 36.6 Å². The van der Waals surface area contributed by atoms with Gasteiger partial charge in [-0.3, -0.25) is 19.3 Å². The first-order valence-corrected chi connectivity index (χ1v) is 11.0. The summed E-state index contributed by atoms with van der Waals surface area (Å²) >= 11 is 0. The molecule has 2 aliphatic rings. The Morgan fingerprint density at radius 1 is 1.10 bits per heavy atom. The molecule has 0 unspecified atom stereocenters. The highest BCUT2D eigenvalue weighted by molar-refractivity contribution is 6.10. The normalized spacial score (nSPS) is 21.0. The van der Waals surface area contributed by atoms with E-state index in [0.717, 1.165) is 6.42 Å². The molecule has 0 aromatic heterocycles. The van der Waals surface area contributed by atoms with E-state index in [1.165, 1.54) is 5.56 Å². The largest absolute Gasteiger partial charge is 0.355 e. The first-order valence-electron chi connectivity index (χ1n) is 11.0. The molecule has 31 heavy (non-hydrogen) atoms. The summed E-state index contributed by atoms with van der Waals surface area (Å²) in [4.78, 5) is 41.9. The van der Waals surface area contributed by atoms with Gasteiger partial charge in [-0.15, -0.1) is 0 Å². The molecular weight excluding hydrogens is 390 g/mol. The van der Waals surface area contributed by atoms with Crippen LogP contribution in [0.15, 0.2) is 54.6 Å². The van der Waals surface area contributed by atoms with Crippen LogP contribution in [-0.2, 0) is 9.59 Å². The summed E-state index contributed by atoms with van der Waals surface area (Å²) in [5.41, 5.74) is 1.68. The summed E-state index contributed by atoms with van der Waals surface area (Å²) in [6, 6.07) is 17.4. The first kappa shape index (κ1) is 21.1. The van der Waals surface area contributed by atoms with Gasteiger partial charge < -0.3 is 10.2 Å². The van der Waals surface area contributed by atoms with Crippen LogP contribution in [0.1, 0.15) is 61.4 Å². The molecule has 2 atom stereocenters. The van der Waals surface area contributed by atoms with Crippen LogP contribution in [-0.4, -0.2) is 41.4 Å². The van der Waals surface area contributed by atoms with E-state index < -0.39 is 5.66 Å². The topological polar surface area (TPSA) is 69.7 Å². The second kappa shape index (κ2) is 8.53. The number of para-hydroxylation sites is 1. The number of nitrogens with zero attached hydrogens (tertiary/aromatic N) is 2. The van der Waals surface area contributed by atoms with Gasteiger partial charge in [-0.2, -0.15) is 0 Å². The van der Waals surface area contributed by atoms with Gasteiger partial charge in [0.05, 0.1) is 11.3 Å². The number of benzene rings is 2. The van der Waals surface area contributed by atoms with Crippen molar-refractivity contribution >= 4 is 23.4 Å². The van der Waals surface area contributed by atoms with Crippen molar-refractivity contribution in [3.8, 4) is 0 Å². The number of hydrogen-bond acceptors (Lipinski definition) is 3. The standard InChI is InChI=1S/C25H29N3O3/c1-3-18(19-9-5-4-6-10-19)17-26-22(29)14-16-27-24(31)20-11-7-8-12-21(20)28-23(30)13-15-25(27,28)2/h4-12,18H,3,13-17H2,1-2H3,(H,26,29)/t18-,25+/m0/s1. The van der Waals surface area contributed by atoms with Gasteiger partial charge in [0.2, 0.25) is 11.8 Å². The van der Waals surface area contributed by atoms with Crippen molar-refractivity contribution in [3.63, 3.8) is 0 Å². The first-order chi connectivity index (χ1) is 15.0. The van der Waals surface area contributed by atoms with Crippen LogP contribution in [0, 0.1) is 0 Å². The Balaban J connectivity index is 1.44. The lowest BCUT2D eigenvalue weighted by Gasteiger charge is -2.48. The van der Waals surface area contributed by atoms with E-state index in [1.54, 1.807) is 21.9 Å². The molecule has 162 valence electrons. The molecule has 2 aliphatic heterocycles. The number of fused-ring (bicyclic) bond motifs is 3. The van der Waals surface area contributed by atoms with Crippen LogP contribution in [0.2, 0.25) is 0 Å². The average molecular weight is 420 g/mol. The minimum atomic E-state index is -0.723. The molecule has 4 rings (SSSR count). The zero-order chi connectivity index (χ0) is 22.0. The van der Waals surface area contributed by atoms with Gasteiger partial charge in [0, 0.05) is 31.8 Å². The quantitative estimate of drug-likeness (QED) is 0.744. The monoisotopic (exact) mass is 419 g/mol. The van der Waals surface area contributed by atoms with Crippen LogP contribution < -0.4 is 10.2 Å². The maximum absolute atomic E-state index is 13.2. The van der Waals surface area contributed by atoms with Crippen molar-refractivity contribution in [2.24, 2.45) is 0 Å². The van der Waals surface area contributed by atoms with Crippen LogP contribution in [0.4, 0.5) is 5.69 Å². The Morgan fingerprint density at radius 3 is 2.55 bits per heavy atom. The smallest absolute Gasteiger partial charge is 0.257 e. The molecule has 2 aromatic carbocycles. The molecule has 0 saturated carbocycles. The average Bonchev–Trinajstić information content (AvgIpc) is 3.10. The molecule has 2 aromatic rings. The van der Waals surface area contributed by atoms with E-state index in [4.69, 9.17) is 0 Å². The van der Waals surface area contributed by atoms with Gasteiger partial charge in [-0.1, -0.05) is 49.4 Å². The highest BCUT2D eigenvalue weighted by atomic mass is 16.2. The summed E-state index contributed by atoms with van der Waals surface area (Å²) in [5, 5.41) is 3.03. The van der Waals surface area contributed by atoms with Crippen LogP contribution in [0.5, 0.6) is 0 Å². The Morgan fingerprint density at radius 2 is 1.81 bits per heavy atom. The highest BCUT2D eigenvalue weighted by Gasteiger charge is 2.52. The summed E-state index contributed by atoms with van der Waals surface area (Å²) < 4.78 is 0. The molecular formula is C25H29N3O3. The Hall–Kier alpha value is -3.15. The van der Waals surface area contributed by atoms with Crippen molar-refractivity contribution in [1.82, 2.24) is 10.2 Å². The molecule has 1 saturated heterocycles. The van der Waals surface area contributed by atoms with Gasteiger partial charge in [0.15, 0.2) is 0 Å². The molecule has 6 heteroatoms. The fourth-order valence-electron chi connectivity index (χ4n) is 4.80. The molecule has 3 amide bonds. The van der Waals surface area contributed by atoms with Gasteiger partial charge in [-0.05, 0) is 37.5 Å². The number of carbonyl (C=O) groups is 3. The Labute approximate surface area is 183 Å². The van der Waals surface area contributed by atoms with Crippen molar-refractivity contribution in [2.45, 2.75) is 51.1 Å². The van der Waals surface area contributed by atoms with Gasteiger partial charge in [0.1, 0.15) is 5.66 Å². The number of carbonyl (C=O) groups excluding carboxylic acids is 3. The third-order valence-electron chi connectivity index (χ3n) is 6.62. The Kier molecular flexibility index (Phi) is 5.81. The number of anilines is 1. The van der Waals surface area contributed by atoms with Gasteiger partial charge >= 0.3 is 0 Å². The van der Waals surface area contributed by atoms with Crippen molar-refractivity contribution in [3.05, 3.63) is 65.7 Å². The van der Waals surface area contributed by atoms with E-state index in [0.29, 0.717) is 30.6 Å². The lowest BCUT2D eigenvalue weighted by atomic mass is 9.96. The molecule has 2 heterocycles. The summed E-state index contributed by atoms with van der Waals surface area (Å²) in [6.07, 6.45) is 2.10. The van der Waals surface area contributed by atoms with Crippen molar-refractivity contribution in [2.75, 3.05) is 18.0 Å². The predicted octanol–water partition coefficient (Wildman–Crippen LogP) is 3.69. The number of hydrogen-bond donors (Lipinski definition) is 1. The van der Waals surface area contributed by atoms with Gasteiger partial charge in [0.25, 0.3) is 5.91 Å². The fraction of sp³-hybridized carbons (Fsp3) is 0.400. The maximum atomic E-state index is 13.2. The molecule has 0 bridgehead atoms.